The number of nitrogens with one attached hydrogen (secondary N) is 6. The Morgan fingerprint density at radius 2 is 1.54 bits per heavy atom. The van der Waals surface area contributed by atoms with E-state index in [2.05, 4.69) is 31.9 Å². The molecule has 0 bridgehead atoms. The third kappa shape index (κ3) is 16.0. The van der Waals surface area contributed by atoms with E-state index in [4.69, 9.17) is 16.2 Å². The maximum atomic E-state index is 14.6. The van der Waals surface area contributed by atoms with E-state index in [1.165, 1.54) is 40.5 Å². The highest BCUT2D eigenvalue weighted by atomic mass is 33.1. The molecule has 1 aromatic carbocycles. The highest BCUT2D eigenvalue weighted by Gasteiger charge is 2.42. The predicted molar refractivity (Wildman–Crippen MR) is 254 cm³/mol. The molecule has 68 heavy (non-hydrogen) atoms. The molecular weight excluding hydrogens is 923 g/mol. The molecule has 3 fully saturated rings. The molecule has 2 saturated heterocycles. The number of methoxy groups -OCH3 is 1. The zero-order chi connectivity index (χ0) is 50.1. The van der Waals surface area contributed by atoms with Crippen molar-refractivity contribution in [2.75, 3.05) is 26.0 Å². The molecule has 3 aliphatic rings. The molecule has 378 valence electrons. The number of hydrogen-bond donors (Lipinski definition) is 10. The van der Waals surface area contributed by atoms with Gasteiger partial charge in [-0.25, -0.2) is 4.79 Å². The maximum absolute atomic E-state index is 14.6. The average molecular weight is 992 g/mol. The number of carbonyl (C=O) groups excluding carboxylic acids is 8. The quantitative estimate of drug-likeness (QED) is 0.101. The van der Waals surface area contributed by atoms with Crippen molar-refractivity contribution in [1.82, 2.24) is 36.8 Å². The first kappa shape index (κ1) is 55.5. The third-order valence-corrected chi connectivity index (χ3v) is 15.9. The molecule has 0 unspecified atom stereocenters. The Labute approximate surface area is 404 Å². The van der Waals surface area contributed by atoms with E-state index < -0.39 is 119 Å². The fraction of sp³-hybridized carbons (Fsp3) is 0.667. The number of aliphatic hydroxyl groups excluding tert-OH is 1. The second-order valence-corrected chi connectivity index (χ2v) is 20.7. The summed E-state index contributed by atoms with van der Waals surface area (Å²) in [7, 11) is 4.09. The van der Waals surface area contributed by atoms with E-state index in [9.17, 15) is 53.4 Å². The summed E-state index contributed by atoms with van der Waals surface area (Å²) in [4.78, 5) is 125. The van der Waals surface area contributed by atoms with Crippen LogP contribution in [0, 0.1) is 5.92 Å². The highest BCUT2D eigenvalue weighted by molar-refractivity contribution is 8.77. The number of primary amides is 1. The molecule has 21 nitrogen and oxygen atoms in total. The van der Waals surface area contributed by atoms with Gasteiger partial charge in [0.05, 0.1) is 19.6 Å². The van der Waals surface area contributed by atoms with Crippen LogP contribution in [0.1, 0.15) is 103 Å². The van der Waals surface area contributed by atoms with Crippen LogP contribution < -0.4 is 48.1 Å². The van der Waals surface area contributed by atoms with Gasteiger partial charge < -0.3 is 63.2 Å². The number of carboxylic acids is 1. The van der Waals surface area contributed by atoms with Gasteiger partial charge in [-0.2, -0.15) is 0 Å². The first-order valence-corrected chi connectivity index (χ1v) is 25.6. The highest BCUT2D eigenvalue weighted by Crippen LogP contribution is 2.48. The van der Waals surface area contributed by atoms with Crippen LogP contribution in [0.25, 0.3) is 0 Å². The fourth-order valence-corrected chi connectivity index (χ4v) is 11.9. The fourth-order valence-electron chi connectivity index (χ4n) is 8.53. The second-order valence-electron chi connectivity index (χ2n) is 17.9. The lowest BCUT2D eigenvalue weighted by Crippen LogP contribution is -2.63. The van der Waals surface area contributed by atoms with Crippen molar-refractivity contribution in [1.29, 1.82) is 0 Å². The Balaban J connectivity index is 1.76. The molecule has 2 heterocycles. The normalized spacial score (nSPS) is 25.9. The van der Waals surface area contributed by atoms with Crippen LogP contribution in [-0.4, -0.2) is 147 Å². The van der Waals surface area contributed by atoms with E-state index >= 15 is 0 Å². The largest absolute Gasteiger partial charge is 0.497 e. The minimum absolute atomic E-state index is 0.0244. The topological polar surface area (TPSA) is 331 Å². The van der Waals surface area contributed by atoms with E-state index in [-0.39, 0.29) is 44.5 Å². The van der Waals surface area contributed by atoms with E-state index in [0.29, 0.717) is 43.4 Å². The Hall–Kier alpha value is -5.13. The van der Waals surface area contributed by atoms with Gasteiger partial charge in [-0.1, -0.05) is 73.3 Å². The Morgan fingerprint density at radius 3 is 2.15 bits per heavy atom. The smallest absolute Gasteiger partial charge is 0.326 e. The average Bonchev–Trinajstić information content (AvgIpc) is 3.80. The van der Waals surface area contributed by atoms with Gasteiger partial charge in [0.15, 0.2) is 0 Å². The van der Waals surface area contributed by atoms with Crippen molar-refractivity contribution in [2.24, 2.45) is 17.4 Å². The monoisotopic (exact) mass is 991 g/mol. The van der Waals surface area contributed by atoms with Crippen molar-refractivity contribution in [3.05, 3.63) is 29.8 Å². The molecule has 8 amide bonds. The molecular formula is C45H69N9O12S2. The molecule has 12 N–H and O–H groups in total. The molecule has 1 aromatic rings. The first-order valence-electron chi connectivity index (χ1n) is 23.3. The Bertz CT molecular complexity index is 1950. The zero-order valence-electron chi connectivity index (χ0n) is 39.2. The maximum Gasteiger partial charge on any atom is 0.326 e. The number of amides is 8. The third-order valence-electron chi connectivity index (χ3n) is 12.6. The van der Waals surface area contributed by atoms with Gasteiger partial charge in [-0.3, -0.25) is 38.4 Å². The number of benzene rings is 1. The summed E-state index contributed by atoms with van der Waals surface area (Å²) in [5, 5.41) is 36.4. The Morgan fingerprint density at radius 1 is 0.897 bits per heavy atom. The van der Waals surface area contributed by atoms with Crippen LogP contribution >= 0.6 is 21.6 Å². The van der Waals surface area contributed by atoms with Gasteiger partial charge in [0.25, 0.3) is 0 Å². The molecule has 1 saturated carbocycles. The van der Waals surface area contributed by atoms with Crippen molar-refractivity contribution in [2.45, 2.75) is 157 Å². The van der Waals surface area contributed by atoms with Crippen molar-refractivity contribution in [3.8, 4) is 5.75 Å². The van der Waals surface area contributed by atoms with Gasteiger partial charge in [0.1, 0.15) is 48.0 Å². The van der Waals surface area contributed by atoms with Crippen LogP contribution in [0.3, 0.4) is 0 Å². The summed E-state index contributed by atoms with van der Waals surface area (Å²) in [5.41, 5.74) is 11.8. The number of aliphatic hydroxyl groups is 1. The van der Waals surface area contributed by atoms with Crippen LogP contribution in [0.4, 0.5) is 0 Å². The van der Waals surface area contributed by atoms with Gasteiger partial charge >= 0.3 is 5.97 Å². The minimum Gasteiger partial charge on any atom is -0.497 e. The van der Waals surface area contributed by atoms with Gasteiger partial charge in [-0.15, -0.1) is 0 Å². The van der Waals surface area contributed by atoms with Crippen LogP contribution in [-0.2, 0) is 49.6 Å². The van der Waals surface area contributed by atoms with Crippen molar-refractivity contribution < 1.29 is 58.1 Å². The molecule has 1 aliphatic carbocycles. The lowest BCUT2D eigenvalue weighted by Gasteiger charge is -2.37. The van der Waals surface area contributed by atoms with E-state index in [1.54, 1.807) is 38.1 Å². The number of rotatable bonds is 15. The van der Waals surface area contributed by atoms with E-state index in [0.717, 1.165) is 19.3 Å². The zero-order valence-corrected chi connectivity index (χ0v) is 40.8. The second kappa shape index (κ2) is 26.6. The molecule has 1 spiro atoms. The van der Waals surface area contributed by atoms with E-state index in [1.807, 2.05) is 0 Å². The summed E-state index contributed by atoms with van der Waals surface area (Å²) in [5.74, 6) is -7.82. The summed E-state index contributed by atoms with van der Waals surface area (Å²) in [6.45, 7) is 5.00. The summed E-state index contributed by atoms with van der Waals surface area (Å²) in [6, 6.07) is -2.69. The molecule has 0 radical (unpaired) electrons. The molecule has 0 aromatic heterocycles. The lowest BCUT2D eigenvalue weighted by molar-refractivity contribution is -0.145. The number of ether oxygens (including phenoxy) is 1. The first-order chi connectivity index (χ1) is 32.3. The SMILES string of the molecule is CC[C@H](C)[C@@H]1NC(=O)[C@@H](Cc2ccc(OC)cc2)NC(=O)CC2(CCCCC2)SSC[C@@H](C(=O)N2CCC[C@H]2C(=O)N[C@@H](CCCN)C(=O)O)NC(=O)[C@H](CC(N)=O)NC(=O)[C@H]([C@@H](C)O)NC1=O. The predicted octanol–water partition coefficient (Wildman–Crippen LogP) is -0.249. The number of carbonyl (C=O) groups is 9. The minimum atomic E-state index is -1.73. The number of nitrogens with two attached hydrogens (primary N) is 2. The van der Waals surface area contributed by atoms with Crippen molar-refractivity contribution in [3.63, 3.8) is 0 Å². The van der Waals surface area contributed by atoms with Gasteiger partial charge in [0, 0.05) is 29.9 Å². The lowest BCUT2D eigenvalue weighted by atomic mass is 9.85. The number of aliphatic carboxylic acids is 1. The molecule has 23 heteroatoms. The molecule has 4 rings (SSSR count). The number of hydrogen-bond acceptors (Lipinski definition) is 14. The summed E-state index contributed by atoms with van der Waals surface area (Å²) >= 11 is 0. The Kier molecular flexibility index (Phi) is 21.7. The number of likely N-dealkylation sites (tertiary alicyclic amines) is 1. The number of nitrogens with zero attached hydrogens (tertiary/aromatic N) is 1. The number of carboxylic acid groups (broad SMARTS) is 1. The van der Waals surface area contributed by atoms with Gasteiger partial charge in [0.2, 0.25) is 47.3 Å². The molecule has 2 aliphatic heterocycles. The van der Waals surface area contributed by atoms with Crippen LogP contribution in [0.5, 0.6) is 5.75 Å². The standard InChI is InChI=1S/C45H69N9O12S2/c1-5-25(2)36-41(61)53-37(26(3)55)42(62)50-31(22-34(47)56)38(58)51-32(43(63)54-20-10-12-33(54)40(60)49-29(44(64)65)11-9-19-46)24-67-68-45(17-7-6-8-18-45)23-35(57)48-30(39(59)52-36)21-27-13-15-28(66-4)16-14-27/h13-16,25-26,29-33,36-37,55H,5-12,17-24,46H2,1-4H3,(H2,47,56)(H,48,57)(H,49,60)(H,50,62)(H,51,58)(H,52,59)(H,53,61)(H,64,65)/t25-,26+,29-,30+,31-,32-,33-,36-,37-/m0/s1. The van der Waals surface area contributed by atoms with Crippen LogP contribution in [0.15, 0.2) is 24.3 Å². The van der Waals surface area contributed by atoms with Crippen molar-refractivity contribution >= 4 is 74.8 Å². The van der Waals surface area contributed by atoms with Gasteiger partial charge in [-0.05, 0) is 75.6 Å². The van der Waals surface area contributed by atoms with Crippen LogP contribution in [0.2, 0.25) is 0 Å². The summed E-state index contributed by atoms with van der Waals surface area (Å²) in [6.07, 6.45) is 2.74. The summed E-state index contributed by atoms with van der Waals surface area (Å²) < 4.78 is 4.61. The molecule has 9 atom stereocenters.